The molecule has 0 aromatic rings. The molecular formula is C15H29NO. The maximum atomic E-state index is 6.24. The summed E-state index contributed by atoms with van der Waals surface area (Å²) in [6.45, 7) is 12.3. The molecule has 2 fully saturated rings. The average Bonchev–Trinajstić information content (AvgIpc) is 2.92. The molecule has 100 valence electrons. The van der Waals surface area contributed by atoms with E-state index in [0.29, 0.717) is 12.0 Å². The van der Waals surface area contributed by atoms with Crippen molar-refractivity contribution in [3.8, 4) is 0 Å². The van der Waals surface area contributed by atoms with Crippen molar-refractivity contribution in [2.24, 2.45) is 11.8 Å². The lowest BCUT2D eigenvalue weighted by Gasteiger charge is -2.33. The lowest BCUT2D eigenvalue weighted by molar-refractivity contribution is -0.0780. The van der Waals surface area contributed by atoms with Crippen LogP contribution in [0.2, 0.25) is 0 Å². The number of ether oxygens (including phenoxy) is 1. The van der Waals surface area contributed by atoms with Gasteiger partial charge >= 0.3 is 0 Å². The van der Waals surface area contributed by atoms with Crippen LogP contribution in [-0.2, 0) is 4.74 Å². The molecule has 2 heteroatoms. The molecule has 0 aromatic heterocycles. The molecule has 2 atom stereocenters. The molecule has 17 heavy (non-hydrogen) atoms. The molecule has 0 aromatic carbocycles. The van der Waals surface area contributed by atoms with E-state index < -0.39 is 0 Å². The second-order valence-corrected chi connectivity index (χ2v) is 7.12. The van der Waals surface area contributed by atoms with Gasteiger partial charge in [-0.3, -0.25) is 0 Å². The van der Waals surface area contributed by atoms with Crippen molar-refractivity contribution in [2.45, 2.75) is 77.5 Å². The highest BCUT2D eigenvalue weighted by molar-refractivity contribution is 5.00. The quantitative estimate of drug-likeness (QED) is 0.794. The maximum absolute atomic E-state index is 6.24. The minimum Gasteiger partial charge on any atom is -0.369 e. The number of rotatable bonds is 5. The predicted octanol–water partition coefficient (Wildman–Crippen LogP) is 3.36. The van der Waals surface area contributed by atoms with E-state index in [-0.39, 0.29) is 11.2 Å². The van der Waals surface area contributed by atoms with E-state index >= 15 is 0 Å². The molecule has 1 saturated carbocycles. The van der Waals surface area contributed by atoms with E-state index in [2.05, 4.69) is 39.9 Å². The maximum Gasteiger partial charge on any atom is 0.0677 e. The molecule has 2 nitrogen and oxygen atoms in total. The van der Waals surface area contributed by atoms with Crippen LogP contribution in [0.5, 0.6) is 0 Å². The van der Waals surface area contributed by atoms with Crippen molar-refractivity contribution in [3.63, 3.8) is 0 Å². The van der Waals surface area contributed by atoms with Crippen molar-refractivity contribution in [2.75, 3.05) is 6.54 Å². The van der Waals surface area contributed by atoms with Gasteiger partial charge in [0.2, 0.25) is 0 Å². The van der Waals surface area contributed by atoms with Crippen molar-refractivity contribution in [1.82, 2.24) is 5.32 Å². The van der Waals surface area contributed by atoms with Gasteiger partial charge in [0.15, 0.2) is 0 Å². The van der Waals surface area contributed by atoms with Crippen LogP contribution in [0.25, 0.3) is 0 Å². The lowest BCUT2D eigenvalue weighted by Crippen LogP contribution is -2.44. The lowest BCUT2D eigenvalue weighted by atomic mass is 9.79. The number of nitrogens with one attached hydrogen (secondary N) is 1. The minimum absolute atomic E-state index is 0.0191. The zero-order valence-electron chi connectivity index (χ0n) is 12.2. The Hall–Kier alpha value is -0.0800. The zero-order chi connectivity index (χ0) is 12.7. The molecule has 1 aliphatic carbocycles. The summed E-state index contributed by atoms with van der Waals surface area (Å²) in [5.41, 5.74) is 0.0661. The summed E-state index contributed by atoms with van der Waals surface area (Å²) in [5.74, 6) is 1.64. The molecule has 1 aliphatic heterocycles. The highest BCUT2D eigenvalue weighted by atomic mass is 16.5. The van der Waals surface area contributed by atoms with E-state index in [1.807, 2.05) is 0 Å². The molecule has 1 heterocycles. The first-order valence-corrected chi connectivity index (χ1v) is 7.27. The molecular weight excluding hydrogens is 210 g/mol. The largest absolute Gasteiger partial charge is 0.369 e. The molecule has 2 rings (SSSR count). The minimum atomic E-state index is 0.0191. The summed E-state index contributed by atoms with van der Waals surface area (Å²) < 4.78 is 6.24. The van der Waals surface area contributed by atoms with Crippen LogP contribution in [0.1, 0.15) is 60.3 Å². The zero-order valence-corrected chi connectivity index (χ0v) is 12.2. The van der Waals surface area contributed by atoms with Crippen LogP contribution < -0.4 is 5.32 Å². The molecule has 1 N–H and O–H groups in total. The van der Waals surface area contributed by atoms with Gasteiger partial charge in [-0.15, -0.1) is 0 Å². The van der Waals surface area contributed by atoms with Crippen molar-refractivity contribution in [1.29, 1.82) is 0 Å². The third kappa shape index (κ3) is 3.23. The average molecular weight is 239 g/mol. The summed E-state index contributed by atoms with van der Waals surface area (Å²) in [6.07, 6.45) is 5.42. The van der Waals surface area contributed by atoms with Crippen molar-refractivity contribution < 1.29 is 4.74 Å². The fourth-order valence-corrected chi connectivity index (χ4v) is 3.60. The topological polar surface area (TPSA) is 21.3 Å². The molecule has 2 aliphatic rings. The molecule has 0 spiro atoms. The fraction of sp³-hybridized carbons (Fsp3) is 1.00. The van der Waals surface area contributed by atoms with Gasteiger partial charge in [0.25, 0.3) is 0 Å². The summed E-state index contributed by atoms with van der Waals surface area (Å²) in [5, 5.41) is 3.71. The Morgan fingerprint density at radius 1 is 1.24 bits per heavy atom. The molecule has 2 unspecified atom stereocenters. The van der Waals surface area contributed by atoms with E-state index in [1.165, 1.54) is 25.7 Å². The van der Waals surface area contributed by atoms with Crippen LogP contribution in [0.4, 0.5) is 0 Å². The Morgan fingerprint density at radius 3 is 2.29 bits per heavy atom. The van der Waals surface area contributed by atoms with E-state index in [1.54, 1.807) is 0 Å². The Morgan fingerprint density at radius 2 is 1.88 bits per heavy atom. The van der Waals surface area contributed by atoms with Gasteiger partial charge in [0.1, 0.15) is 0 Å². The third-order valence-electron chi connectivity index (χ3n) is 4.38. The highest BCUT2D eigenvalue weighted by Gasteiger charge is 2.49. The Labute approximate surface area is 107 Å². The van der Waals surface area contributed by atoms with E-state index in [0.717, 1.165) is 12.5 Å². The van der Waals surface area contributed by atoms with Gasteiger partial charge in [-0.25, -0.2) is 0 Å². The van der Waals surface area contributed by atoms with Crippen LogP contribution in [0, 0.1) is 11.8 Å². The first-order chi connectivity index (χ1) is 7.84. The molecule has 0 amide bonds. The first kappa shape index (κ1) is 13.4. The smallest absolute Gasteiger partial charge is 0.0677 e. The summed E-state index contributed by atoms with van der Waals surface area (Å²) in [6, 6.07) is 0.643. The van der Waals surface area contributed by atoms with Gasteiger partial charge in [0, 0.05) is 12.0 Å². The Bertz CT molecular complexity index is 268. The SMILES string of the molecule is CCNC(CC1CC1)C1CC(C)(C)OC1(C)C. The monoisotopic (exact) mass is 239 g/mol. The normalized spacial score (nSPS) is 32.6. The van der Waals surface area contributed by atoms with Crippen LogP contribution >= 0.6 is 0 Å². The second kappa shape index (κ2) is 4.55. The predicted molar refractivity (Wildman–Crippen MR) is 72.2 cm³/mol. The van der Waals surface area contributed by atoms with Gasteiger partial charge in [-0.2, -0.15) is 0 Å². The van der Waals surface area contributed by atoms with Gasteiger partial charge in [-0.05, 0) is 53.0 Å². The summed E-state index contributed by atoms with van der Waals surface area (Å²) in [7, 11) is 0. The molecule has 0 radical (unpaired) electrons. The standard InChI is InChI=1S/C15H29NO/c1-6-16-13(9-11-7-8-11)12-10-14(2,3)17-15(12,4)5/h11-13,16H,6-10H2,1-5H3. The van der Waals surface area contributed by atoms with Crippen molar-refractivity contribution in [3.05, 3.63) is 0 Å². The van der Waals surface area contributed by atoms with Gasteiger partial charge in [0.05, 0.1) is 11.2 Å². The van der Waals surface area contributed by atoms with Gasteiger partial charge < -0.3 is 10.1 Å². The van der Waals surface area contributed by atoms with Crippen molar-refractivity contribution >= 4 is 0 Å². The fourth-order valence-electron chi connectivity index (χ4n) is 3.60. The molecule has 1 saturated heterocycles. The highest BCUT2D eigenvalue weighted by Crippen LogP contribution is 2.46. The number of hydrogen-bond acceptors (Lipinski definition) is 2. The molecule has 0 bridgehead atoms. The van der Waals surface area contributed by atoms with E-state index in [4.69, 9.17) is 4.74 Å². The second-order valence-electron chi connectivity index (χ2n) is 7.12. The number of hydrogen-bond donors (Lipinski definition) is 1. The summed E-state index contributed by atoms with van der Waals surface area (Å²) in [4.78, 5) is 0. The van der Waals surface area contributed by atoms with Gasteiger partial charge in [-0.1, -0.05) is 19.8 Å². The third-order valence-corrected chi connectivity index (χ3v) is 4.38. The van der Waals surface area contributed by atoms with Crippen LogP contribution in [0.15, 0.2) is 0 Å². The van der Waals surface area contributed by atoms with Crippen LogP contribution in [0.3, 0.4) is 0 Å². The Balaban J connectivity index is 2.05. The van der Waals surface area contributed by atoms with E-state index in [9.17, 15) is 0 Å². The first-order valence-electron chi connectivity index (χ1n) is 7.27. The van der Waals surface area contributed by atoms with Crippen LogP contribution in [-0.4, -0.2) is 23.8 Å². The summed E-state index contributed by atoms with van der Waals surface area (Å²) >= 11 is 0. The Kier molecular flexibility index (Phi) is 3.57.